The molecule has 0 spiro atoms. The van der Waals surface area contributed by atoms with Crippen LogP contribution in [0.5, 0.6) is 0 Å². The zero-order valence-corrected chi connectivity index (χ0v) is 16.2. The number of nitrogens with one attached hydrogen (secondary N) is 2. The van der Waals surface area contributed by atoms with Crippen molar-refractivity contribution in [2.45, 2.75) is 31.1 Å². The van der Waals surface area contributed by atoms with Crippen molar-refractivity contribution >= 4 is 23.5 Å². The van der Waals surface area contributed by atoms with Gasteiger partial charge in [-0.15, -0.1) is 0 Å². The van der Waals surface area contributed by atoms with Gasteiger partial charge in [-0.2, -0.15) is 0 Å². The number of rotatable bonds is 6. The van der Waals surface area contributed by atoms with Crippen molar-refractivity contribution < 1.29 is 23.5 Å². The van der Waals surface area contributed by atoms with Crippen molar-refractivity contribution in [1.82, 2.24) is 5.32 Å². The molecule has 7 heteroatoms. The second-order valence-electron chi connectivity index (χ2n) is 7.09. The molecule has 1 aliphatic rings. The topological polar surface area (TPSA) is 84.5 Å². The van der Waals surface area contributed by atoms with E-state index in [1.54, 1.807) is 36.4 Å². The Bertz CT molecular complexity index is 923. The van der Waals surface area contributed by atoms with E-state index in [0.29, 0.717) is 29.7 Å². The highest BCUT2D eigenvalue weighted by atomic mass is 19.1. The van der Waals surface area contributed by atoms with Crippen LogP contribution in [-0.4, -0.2) is 31.4 Å². The van der Waals surface area contributed by atoms with Gasteiger partial charge in [-0.25, -0.2) is 4.39 Å². The Balaban J connectivity index is 1.77. The maximum atomic E-state index is 13.8. The SMILES string of the molecule is COC(=O)CNC(=O)c1cccc(NC(=O)C2(c3cccc(F)c3)CCCC2)c1. The number of carbonyl (C=O) groups excluding carboxylic acids is 3. The molecule has 2 N–H and O–H groups in total. The second kappa shape index (κ2) is 8.86. The van der Waals surface area contributed by atoms with Gasteiger partial charge in [0.2, 0.25) is 5.91 Å². The number of esters is 1. The zero-order valence-electron chi connectivity index (χ0n) is 16.2. The molecule has 3 rings (SSSR count). The number of benzene rings is 2. The number of anilines is 1. The van der Waals surface area contributed by atoms with Crippen LogP contribution in [0.15, 0.2) is 48.5 Å². The molecule has 6 nitrogen and oxygen atoms in total. The normalized spacial score (nSPS) is 14.8. The molecule has 0 saturated heterocycles. The lowest BCUT2D eigenvalue weighted by Crippen LogP contribution is -2.38. The molecule has 0 aliphatic heterocycles. The van der Waals surface area contributed by atoms with Crippen LogP contribution < -0.4 is 10.6 Å². The summed E-state index contributed by atoms with van der Waals surface area (Å²) in [6, 6.07) is 12.6. The van der Waals surface area contributed by atoms with Gasteiger partial charge in [0.15, 0.2) is 0 Å². The third-order valence-electron chi connectivity index (χ3n) is 5.27. The van der Waals surface area contributed by atoms with E-state index in [1.165, 1.54) is 19.2 Å². The smallest absolute Gasteiger partial charge is 0.325 e. The molecule has 2 amide bonds. The summed E-state index contributed by atoms with van der Waals surface area (Å²) in [7, 11) is 1.24. The zero-order chi connectivity index (χ0) is 20.9. The third kappa shape index (κ3) is 4.62. The molecule has 1 fully saturated rings. The molecular weight excluding hydrogens is 375 g/mol. The minimum atomic E-state index is -0.786. The maximum absolute atomic E-state index is 13.8. The molecule has 2 aromatic carbocycles. The first-order chi connectivity index (χ1) is 13.9. The molecule has 0 aromatic heterocycles. The fourth-order valence-corrected chi connectivity index (χ4v) is 3.73. The number of ether oxygens (including phenoxy) is 1. The van der Waals surface area contributed by atoms with E-state index < -0.39 is 17.3 Å². The second-order valence-corrected chi connectivity index (χ2v) is 7.09. The van der Waals surface area contributed by atoms with Crippen LogP contribution in [-0.2, 0) is 19.7 Å². The van der Waals surface area contributed by atoms with Gasteiger partial charge in [-0.1, -0.05) is 31.0 Å². The Morgan fingerprint density at radius 1 is 1.07 bits per heavy atom. The van der Waals surface area contributed by atoms with E-state index in [1.807, 2.05) is 0 Å². The molecule has 0 radical (unpaired) electrons. The largest absolute Gasteiger partial charge is 0.468 e. The number of hydrogen-bond acceptors (Lipinski definition) is 4. The van der Waals surface area contributed by atoms with Crippen molar-refractivity contribution in [1.29, 1.82) is 0 Å². The predicted molar refractivity (Wildman–Crippen MR) is 106 cm³/mol. The number of hydrogen-bond donors (Lipinski definition) is 2. The fraction of sp³-hybridized carbons (Fsp3) is 0.318. The summed E-state index contributed by atoms with van der Waals surface area (Å²) in [6.07, 6.45) is 3.06. The van der Waals surface area contributed by atoms with E-state index in [-0.39, 0.29) is 18.3 Å². The number of amides is 2. The summed E-state index contributed by atoms with van der Waals surface area (Å²) in [5.74, 6) is -1.59. The first-order valence-corrected chi connectivity index (χ1v) is 9.47. The van der Waals surface area contributed by atoms with Gasteiger partial charge in [-0.05, 0) is 48.7 Å². The molecule has 0 unspecified atom stereocenters. The summed E-state index contributed by atoms with van der Waals surface area (Å²) >= 11 is 0. The lowest BCUT2D eigenvalue weighted by atomic mass is 9.78. The van der Waals surface area contributed by atoms with Crippen molar-refractivity contribution in [3.05, 3.63) is 65.5 Å². The van der Waals surface area contributed by atoms with Gasteiger partial charge in [0.05, 0.1) is 12.5 Å². The van der Waals surface area contributed by atoms with Crippen LogP contribution in [0.3, 0.4) is 0 Å². The van der Waals surface area contributed by atoms with E-state index in [2.05, 4.69) is 15.4 Å². The van der Waals surface area contributed by atoms with Crippen LogP contribution >= 0.6 is 0 Å². The first kappa shape index (κ1) is 20.5. The third-order valence-corrected chi connectivity index (χ3v) is 5.27. The minimum Gasteiger partial charge on any atom is -0.468 e. The lowest BCUT2D eigenvalue weighted by molar-refractivity contribution is -0.139. The number of carbonyl (C=O) groups is 3. The van der Waals surface area contributed by atoms with Crippen molar-refractivity contribution in [2.75, 3.05) is 19.0 Å². The molecule has 29 heavy (non-hydrogen) atoms. The Kier molecular flexibility index (Phi) is 6.26. The standard InChI is InChI=1S/C22H23FN2O4/c1-29-19(26)14-24-20(27)15-6-4-9-18(12-15)25-21(28)22(10-2-3-11-22)16-7-5-8-17(23)13-16/h4-9,12-13H,2-3,10-11,14H2,1H3,(H,24,27)(H,25,28). The molecule has 2 aromatic rings. The van der Waals surface area contributed by atoms with E-state index >= 15 is 0 Å². The minimum absolute atomic E-state index is 0.215. The highest BCUT2D eigenvalue weighted by molar-refractivity contribution is 6.01. The molecule has 0 atom stereocenters. The molecule has 152 valence electrons. The van der Waals surface area contributed by atoms with E-state index in [4.69, 9.17) is 0 Å². The first-order valence-electron chi connectivity index (χ1n) is 9.47. The van der Waals surface area contributed by atoms with Gasteiger partial charge in [-0.3, -0.25) is 14.4 Å². The van der Waals surface area contributed by atoms with Gasteiger partial charge in [0, 0.05) is 11.3 Å². The monoisotopic (exact) mass is 398 g/mol. The van der Waals surface area contributed by atoms with Crippen LogP contribution in [0.4, 0.5) is 10.1 Å². The van der Waals surface area contributed by atoms with Crippen molar-refractivity contribution in [3.63, 3.8) is 0 Å². The highest BCUT2D eigenvalue weighted by Crippen LogP contribution is 2.42. The quantitative estimate of drug-likeness (QED) is 0.732. The summed E-state index contributed by atoms with van der Waals surface area (Å²) in [5, 5.41) is 5.34. The maximum Gasteiger partial charge on any atom is 0.325 e. The predicted octanol–water partition coefficient (Wildman–Crippen LogP) is 3.18. The van der Waals surface area contributed by atoms with Gasteiger partial charge in [0.25, 0.3) is 5.91 Å². The van der Waals surface area contributed by atoms with Gasteiger partial charge >= 0.3 is 5.97 Å². The Labute approximate surface area is 168 Å². The summed E-state index contributed by atoms with van der Waals surface area (Å²) < 4.78 is 18.3. The summed E-state index contributed by atoms with van der Waals surface area (Å²) in [5.41, 5.74) is 0.645. The average molecular weight is 398 g/mol. The molecule has 1 aliphatic carbocycles. The van der Waals surface area contributed by atoms with Crippen LogP contribution in [0.25, 0.3) is 0 Å². The van der Waals surface area contributed by atoms with Gasteiger partial charge < -0.3 is 15.4 Å². The van der Waals surface area contributed by atoms with E-state index in [0.717, 1.165) is 12.8 Å². The fourth-order valence-electron chi connectivity index (χ4n) is 3.73. The summed E-state index contributed by atoms with van der Waals surface area (Å²) in [6.45, 7) is -0.241. The van der Waals surface area contributed by atoms with Crippen LogP contribution in [0, 0.1) is 5.82 Å². The van der Waals surface area contributed by atoms with Crippen molar-refractivity contribution in [2.24, 2.45) is 0 Å². The number of methoxy groups -OCH3 is 1. The summed E-state index contributed by atoms with van der Waals surface area (Å²) in [4.78, 5) is 36.6. The highest BCUT2D eigenvalue weighted by Gasteiger charge is 2.42. The molecule has 0 bridgehead atoms. The molecule has 1 saturated carbocycles. The van der Waals surface area contributed by atoms with Crippen LogP contribution in [0.2, 0.25) is 0 Å². The van der Waals surface area contributed by atoms with Crippen molar-refractivity contribution in [3.8, 4) is 0 Å². The Hall–Kier alpha value is -3.22. The molecule has 0 heterocycles. The Morgan fingerprint density at radius 3 is 2.48 bits per heavy atom. The number of halogens is 1. The average Bonchev–Trinajstić information content (AvgIpc) is 3.23. The van der Waals surface area contributed by atoms with Gasteiger partial charge in [0.1, 0.15) is 12.4 Å². The van der Waals surface area contributed by atoms with E-state index in [9.17, 15) is 18.8 Å². The lowest BCUT2D eigenvalue weighted by Gasteiger charge is -2.28. The molecular formula is C22H23FN2O4. The Morgan fingerprint density at radius 2 is 1.79 bits per heavy atom. The van der Waals surface area contributed by atoms with Crippen LogP contribution in [0.1, 0.15) is 41.6 Å².